The molecule has 1 heterocycles. The van der Waals surface area contributed by atoms with Crippen molar-refractivity contribution in [3.8, 4) is 0 Å². The van der Waals surface area contributed by atoms with Gasteiger partial charge in [0.05, 0.1) is 0 Å². The van der Waals surface area contributed by atoms with Gasteiger partial charge in [-0.25, -0.2) is 0 Å². The molecule has 0 atom stereocenters. The number of para-hydroxylation sites is 1. The maximum absolute atomic E-state index is 3.65. The van der Waals surface area contributed by atoms with Gasteiger partial charge in [-0.3, -0.25) is 0 Å². The van der Waals surface area contributed by atoms with E-state index in [1.165, 1.54) is 70.1 Å². The van der Waals surface area contributed by atoms with Crippen molar-refractivity contribution in [1.29, 1.82) is 0 Å². The zero-order chi connectivity index (χ0) is 13.8. The predicted molar refractivity (Wildman–Crippen MR) is 86.5 cm³/mol. The molecule has 2 nitrogen and oxygen atoms in total. The van der Waals surface area contributed by atoms with Gasteiger partial charge in [-0.05, 0) is 50.8 Å². The van der Waals surface area contributed by atoms with Gasteiger partial charge >= 0.3 is 0 Å². The summed E-state index contributed by atoms with van der Waals surface area (Å²) in [6.07, 6.45) is 10.8. The van der Waals surface area contributed by atoms with Gasteiger partial charge in [-0.1, -0.05) is 37.5 Å². The molecule has 20 heavy (non-hydrogen) atoms. The van der Waals surface area contributed by atoms with Gasteiger partial charge in [0.25, 0.3) is 0 Å². The van der Waals surface area contributed by atoms with Gasteiger partial charge in [0.1, 0.15) is 0 Å². The van der Waals surface area contributed by atoms with Crippen LogP contribution >= 0.6 is 0 Å². The van der Waals surface area contributed by atoms with Crippen molar-refractivity contribution in [2.45, 2.75) is 56.9 Å². The normalized spacial score (nSPS) is 21.6. The minimum Gasteiger partial charge on any atom is -0.371 e. The third-order valence-electron chi connectivity index (χ3n) is 5.41. The smallest absolute Gasteiger partial charge is 0.0398 e. The van der Waals surface area contributed by atoms with E-state index in [-0.39, 0.29) is 0 Å². The summed E-state index contributed by atoms with van der Waals surface area (Å²) in [6, 6.07) is 8.97. The van der Waals surface area contributed by atoms with Crippen molar-refractivity contribution in [2.24, 2.45) is 0 Å². The summed E-state index contributed by atoms with van der Waals surface area (Å²) < 4.78 is 0. The Balaban J connectivity index is 1.66. The fourth-order valence-electron chi connectivity index (χ4n) is 4.05. The van der Waals surface area contributed by atoms with Gasteiger partial charge in [-0.2, -0.15) is 0 Å². The molecule has 2 heteroatoms. The van der Waals surface area contributed by atoms with Crippen LogP contribution in [0.1, 0.15) is 50.5 Å². The summed E-state index contributed by atoms with van der Waals surface area (Å²) in [5.74, 6) is 0. The van der Waals surface area contributed by atoms with Gasteiger partial charge in [0, 0.05) is 24.3 Å². The average Bonchev–Trinajstić information content (AvgIpc) is 2.54. The summed E-state index contributed by atoms with van der Waals surface area (Å²) >= 11 is 0. The summed E-state index contributed by atoms with van der Waals surface area (Å²) in [5, 5.41) is 3.65. The second-order valence-corrected chi connectivity index (χ2v) is 6.56. The highest BCUT2D eigenvalue weighted by Crippen LogP contribution is 2.33. The number of rotatable bonds is 4. The molecular weight excluding hydrogens is 244 g/mol. The highest BCUT2D eigenvalue weighted by atomic mass is 15.1. The van der Waals surface area contributed by atoms with E-state index in [4.69, 9.17) is 0 Å². The third kappa shape index (κ3) is 2.85. The summed E-state index contributed by atoms with van der Waals surface area (Å²) in [6.45, 7) is 2.44. The van der Waals surface area contributed by atoms with E-state index in [1.54, 1.807) is 5.56 Å². The van der Waals surface area contributed by atoms with Crippen LogP contribution in [0.25, 0.3) is 0 Å². The molecule has 1 aliphatic heterocycles. The maximum atomic E-state index is 3.65. The van der Waals surface area contributed by atoms with Crippen molar-refractivity contribution in [2.75, 3.05) is 25.0 Å². The lowest BCUT2D eigenvalue weighted by atomic mass is 9.79. The Bertz CT molecular complexity index is 435. The van der Waals surface area contributed by atoms with Gasteiger partial charge in [0.2, 0.25) is 0 Å². The molecule has 0 aromatic heterocycles. The van der Waals surface area contributed by atoms with Crippen LogP contribution in [0.3, 0.4) is 0 Å². The molecule has 1 saturated carbocycles. The fraction of sp³-hybridized carbons (Fsp3) is 0.667. The largest absolute Gasteiger partial charge is 0.371 e. The van der Waals surface area contributed by atoms with E-state index in [9.17, 15) is 0 Å². The lowest BCUT2D eigenvalue weighted by molar-refractivity contribution is 0.232. The average molecular weight is 272 g/mol. The van der Waals surface area contributed by atoms with Crippen LogP contribution in [0, 0.1) is 0 Å². The zero-order valence-corrected chi connectivity index (χ0v) is 12.8. The number of anilines is 1. The van der Waals surface area contributed by atoms with Crippen molar-refractivity contribution < 1.29 is 0 Å². The monoisotopic (exact) mass is 272 g/mol. The molecule has 3 rings (SSSR count). The Morgan fingerprint density at radius 3 is 2.70 bits per heavy atom. The molecular formula is C18H28N2. The maximum Gasteiger partial charge on any atom is 0.0398 e. The quantitative estimate of drug-likeness (QED) is 0.898. The van der Waals surface area contributed by atoms with E-state index >= 15 is 0 Å². The molecule has 1 aromatic carbocycles. The number of benzene rings is 1. The zero-order valence-electron chi connectivity index (χ0n) is 12.8. The Labute approximate surface area is 123 Å². The molecule has 0 saturated heterocycles. The third-order valence-corrected chi connectivity index (χ3v) is 5.41. The molecule has 2 aliphatic rings. The fourth-order valence-corrected chi connectivity index (χ4v) is 4.05. The molecule has 0 unspecified atom stereocenters. The van der Waals surface area contributed by atoms with Crippen LogP contribution < -0.4 is 10.2 Å². The standard InChI is InChI=1S/C18H28N2/c1-19-18(11-5-2-6-12-18)13-15-20-14-7-9-16-8-3-4-10-17(16)20/h3-4,8,10,19H,2,5-7,9,11-15H2,1H3. The van der Waals surface area contributed by atoms with Crippen molar-refractivity contribution >= 4 is 5.69 Å². The Morgan fingerprint density at radius 1 is 1.10 bits per heavy atom. The lowest BCUT2D eigenvalue weighted by Gasteiger charge is -2.40. The molecule has 0 radical (unpaired) electrons. The first-order chi connectivity index (χ1) is 9.83. The summed E-state index contributed by atoms with van der Waals surface area (Å²) in [4.78, 5) is 2.62. The molecule has 1 aliphatic carbocycles. The molecule has 0 spiro atoms. The second kappa shape index (κ2) is 6.17. The Morgan fingerprint density at radius 2 is 1.90 bits per heavy atom. The topological polar surface area (TPSA) is 15.3 Å². The van der Waals surface area contributed by atoms with Crippen molar-refractivity contribution in [1.82, 2.24) is 5.32 Å². The summed E-state index contributed by atoms with van der Waals surface area (Å²) in [7, 11) is 2.16. The van der Waals surface area contributed by atoms with Gasteiger partial charge < -0.3 is 10.2 Å². The number of fused-ring (bicyclic) bond motifs is 1. The van der Waals surface area contributed by atoms with Crippen LogP contribution in [0.5, 0.6) is 0 Å². The molecule has 110 valence electrons. The van der Waals surface area contributed by atoms with Gasteiger partial charge in [-0.15, -0.1) is 0 Å². The van der Waals surface area contributed by atoms with E-state index in [2.05, 4.69) is 41.5 Å². The van der Waals surface area contributed by atoms with E-state index in [1.807, 2.05) is 0 Å². The number of hydrogen-bond acceptors (Lipinski definition) is 2. The Hall–Kier alpha value is -1.02. The van der Waals surface area contributed by atoms with E-state index in [0.29, 0.717) is 5.54 Å². The number of aryl methyl sites for hydroxylation is 1. The Kier molecular flexibility index (Phi) is 4.30. The molecule has 1 fully saturated rings. The van der Waals surface area contributed by atoms with Crippen LogP contribution in [-0.4, -0.2) is 25.7 Å². The lowest BCUT2D eigenvalue weighted by Crippen LogP contribution is -2.47. The summed E-state index contributed by atoms with van der Waals surface area (Å²) in [5.41, 5.74) is 3.44. The number of nitrogens with one attached hydrogen (secondary N) is 1. The minimum atomic E-state index is 0.407. The van der Waals surface area contributed by atoms with Crippen LogP contribution in [0.2, 0.25) is 0 Å². The van der Waals surface area contributed by atoms with Crippen LogP contribution in [-0.2, 0) is 6.42 Å². The SMILES string of the molecule is CNC1(CCN2CCCc3ccccc32)CCCCC1. The second-order valence-electron chi connectivity index (χ2n) is 6.56. The highest BCUT2D eigenvalue weighted by Gasteiger charge is 2.30. The van der Waals surface area contributed by atoms with Crippen LogP contribution in [0.4, 0.5) is 5.69 Å². The number of nitrogens with zero attached hydrogens (tertiary/aromatic N) is 1. The van der Waals surface area contributed by atoms with Crippen molar-refractivity contribution in [3.63, 3.8) is 0 Å². The first-order valence-electron chi connectivity index (χ1n) is 8.35. The first-order valence-corrected chi connectivity index (χ1v) is 8.35. The minimum absolute atomic E-state index is 0.407. The van der Waals surface area contributed by atoms with Gasteiger partial charge in [0.15, 0.2) is 0 Å². The highest BCUT2D eigenvalue weighted by molar-refractivity contribution is 5.55. The van der Waals surface area contributed by atoms with E-state index in [0.717, 1.165) is 0 Å². The predicted octanol–water partition coefficient (Wildman–Crippen LogP) is 3.75. The van der Waals surface area contributed by atoms with E-state index < -0.39 is 0 Å². The van der Waals surface area contributed by atoms with Crippen LogP contribution in [0.15, 0.2) is 24.3 Å². The molecule has 1 aromatic rings. The number of hydrogen-bond donors (Lipinski definition) is 1. The molecule has 0 bridgehead atoms. The molecule has 1 N–H and O–H groups in total. The first kappa shape index (κ1) is 13.9. The molecule has 0 amide bonds. The van der Waals surface area contributed by atoms with Crippen molar-refractivity contribution in [3.05, 3.63) is 29.8 Å².